The molecule has 0 spiro atoms. The zero-order valence-electron chi connectivity index (χ0n) is 13.8. The molecular formula is C18H19ClFN3O2. The SMILES string of the molecule is Cc1nn(-c2ccc(F)cc2)c(Cl)c1/C=C/C(=O)N1CCC(O)CC1. The molecule has 0 atom stereocenters. The summed E-state index contributed by atoms with van der Waals surface area (Å²) in [5, 5.41) is 14.2. The van der Waals surface area contributed by atoms with Crippen LogP contribution in [0.1, 0.15) is 24.1 Å². The molecule has 1 fully saturated rings. The molecule has 0 saturated carbocycles. The van der Waals surface area contributed by atoms with E-state index in [0.29, 0.717) is 48.0 Å². The number of aromatic nitrogens is 2. The summed E-state index contributed by atoms with van der Waals surface area (Å²) in [6, 6.07) is 5.86. The van der Waals surface area contributed by atoms with Crippen LogP contribution in [0.2, 0.25) is 5.15 Å². The maximum absolute atomic E-state index is 13.1. The zero-order chi connectivity index (χ0) is 18.0. The van der Waals surface area contributed by atoms with Gasteiger partial charge in [0, 0.05) is 24.7 Å². The number of aliphatic hydroxyl groups excluding tert-OH is 1. The third-order valence-corrected chi connectivity index (χ3v) is 4.65. The fraction of sp³-hybridized carbons (Fsp3) is 0.333. The quantitative estimate of drug-likeness (QED) is 0.853. The monoisotopic (exact) mass is 363 g/mol. The molecule has 3 rings (SSSR count). The lowest BCUT2D eigenvalue weighted by molar-refractivity contribution is -0.127. The largest absolute Gasteiger partial charge is 0.393 e. The smallest absolute Gasteiger partial charge is 0.246 e. The maximum Gasteiger partial charge on any atom is 0.246 e. The second kappa shape index (κ2) is 7.37. The highest BCUT2D eigenvalue weighted by Gasteiger charge is 2.20. The van der Waals surface area contributed by atoms with Gasteiger partial charge in [-0.1, -0.05) is 11.6 Å². The van der Waals surface area contributed by atoms with Crippen molar-refractivity contribution in [2.24, 2.45) is 0 Å². The topological polar surface area (TPSA) is 58.4 Å². The molecule has 0 aliphatic carbocycles. The van der Waals surface area contributed by atoms with Crippen LogP contribution in [0, 0.1) is 12.7 Å². The van der Waals surface area contributed by atoms with Crippen LogP contribution < -0.4 is 0 Å². The van der Waals surface area contributed by atoms with Crippen LogP contribution in [0.25, 0.3) is 11.8 Å². The number of likely N-dealkylation sites (tertiary alicyclic amines) is 1. The number of benzene rings is 1. The molecule has 132 valence electrons. The van der Waals surface area contributed by atoms with Gasteiger partial charge in [0.25, 0.3) is 0 Å². The molecular weight excluding hydrogens is 345 g/mol. The van der Waals surface area contributed by atoms with E-state index in [-0.39, 0.29) is 17.8 Å². The average molecular weight is 364 g/mol. The van der Waals surface area contributed by atoms with E-state index < -0.39 is 0 Å². The fourth-order valence-corrected chi connectivity index (χ4v) is 3.14. The van der Waals surface area contributed by atoms with Crippen molar-refractivity contribution >= 4 is 23.6 Å². The Balaban J connectivity index is 1.79. The Hall–Kier alpha value is -2.18. The van der Waals surface area contributed by atoms with Crippen LogP contribution in [0.5, 0.6) is 0 Å². The molecule has 1 aliphatic rings. The molecule has 1 saturated heterocycles. The number of amides is 1. The molecule has 1 aromatic carbocycles. The lowest BCUT2D eigenvalue weighted by Gasteiger charge is -2.28. The van der Waals surface area contributed by atoms with Crippen molar-refractivity contribution < 1.29 is 14.3 Å². The van der Waals surface area contributed by atoms with Crippen molar-refractivity contribution in [3.05, 3.63) is 52.6 Å². The number of rotatable bonds is 3. The molecule has 0 unspecified atom stereocenters. The second-order valence-corrected chi connectivity index (χ2v) is 6.43. The van der Waals surface area contributed by atoms with Crippen molar-refractivity contribution in [2.45, 2.75) is 25.9 Å². The van der Waals surface area contributed by atoms with Gasteiger partial charge in [-0.25, -0.2) is 9.07 Å². The van der Waals surface area contributed by atoms with Gasteiger partial charge in [-0.05, 0) is 50.1 Å². The molecule has 0 radical (unpaired) electrons. The second-order valence-electron chi connectivity index (χ2n) is 6.07. The van der Waals surface area contributed by atoms with Crippen LogP contribution >= 0.6 is 11.6 Å². The standard InChI is InChI=1S/C18H19ClFN3O2/c1-12-16(6-7-17(25)22-10-8-15(24)9-11-22)18(19)23(21-12)14-4-2-13(20)3-5-14/h2-7,15,24H,8-11H2,1H3/b7-6+. The van der Waals surface area contributed by atoms with Crippen LogP contribution in [0.4, 0.5) is 4.39 Å². The highest BCUT2D eigenvalue weighted by atomic mass is 35.5. The predicted octanol–water partition coefficient (Wildman–Crippen LogP) is 2.97. The Labute approximate surface area is 150 Å². The van der Waals surface area contributed by atoms with Gasteiger partial charge in [-0.3, -0.25) is 4.79 Å². The number of carbonyl (C=O) groups is 1. The van der Waals surface area contributed by atoms with E-state index >= 15 is 0 Å². The van der Waals surface area contributed by atoms with Crippen molar-refractivity contribution in [3.63, 3.8) is 0 Å². The predicted molar refractivity (Wildman–Crippen MR) is 94.1 cm³/mol. The first kappa shape index (κ1) is 17.6. The van der Waals surface area contributed by atoms with Crippen LogP contribution in [0.15, 0.2) is 30.3 Å². The Bertz CT molecular complexity index is 793. The fourth-order valence-electron chi connectivity index (χ4n) is 2.80. The van der Waals surface area contributed by atoms with Gasteiger partial charge < -0.3 is 10.0 Å². The number of carbonyl (C=O) groups excluding carboxylic acids is 1. The average Bonchev–Trinajstić information content (AvgIpc) is 2.88. The first-order chi connectivity index (χ1) is 12.0. The normalized spacial score (nSPS) is 15.9. The van der Waals surface area contributed by atoms with E-state index in [0.717, 1.165) is 0 Å². The summed E-state index contributed by atoms with van der Waals surface area (Å²) < 4.78 is 14.6. The van der Waals surface area contributed by atoms with Crippen LogP contribution in [0.3, 0.4) is 0 Å². The Morgan fingerprint density at radius 1 is 1.32 bits per heavy atom. The Morgan fingerprint density at radius 3 is 2.60 bits per heavy atom. The Morgan fingerprint density at radius 2 is 1.96 bits per heavy atom. The maximum atomic E-state index is 13.1. The summed E-state index contributed by atoms with van der Waals surface area (Å²) in [6.45, 7) is 2.89. The number of hydrogen-bond donors (Lipinski definition) is 1. The van der Waals surface area contributed by atoms with Crippen LogP contribution in [-0.2, 0) is 4.79 Å². The highest BCUT2D eigenvalue weighted by Crippen LogP contribution is 2.25. The first-order valence-electron chi connectivity index (χ1n) is 8.12. The zero-order valence-corrected chi connectivity index (χ0v) is 14.6. The lowest BCUT2D eigenvalue weighted by atomic mass is 10.1. The van der Waals surface area contributed by atoms with Crippen molar-refractivity contribution in [3.8, 4) is 5.69 Å². The van der Waals surface area contributed by atoms with Crippen LogP contribution in [-0.4, -0.2) is 44.9 Å². The molecule has 7 heteroatoms. The third-order valence-electron chi connectivity index (χ3n) is 4.29. The molecule has 1 N–H and O–H groups in total. The van der Waals surface area contributed by atoms with E-state index in [2.05, 4.69) is 5.10 Å². The first-order valence-corrected chi connectivity index (χ1v) is 8.49. The summed E-state index contributed by atoms with van der Waals surface area (Å²) in [5.41, 5.74) is 1.97. The molecule has 0 bridgehead atoms. The number of piperidine rings is 1. The Kier molecular flexibility index (Phi) is 5.20. The molecule has 2 heterocycles. The van der Waals surface area contributed by atoms with Gasteiger partial charge in [-0.15, -0.1) is 0 Å². The summed E-state index contributed by atoms with van der Waals surface area (Å²) >= 11 is 6.39. The van der Waals surface area contributed by atoms with E-state index in [1.54, 1.807) is 30.0 Å². The van der Waals surface area contributed by atoms with Gasteiger partial charge in [-0.2, -0.15) is 5.10 Å². The summed E-state index contributed by atoms with van der Waals surface area (Å²) in [6.07, 6.45) is 4.00. The minimum absolute atomic E-state index is 0.114. The minimum Gasteiger partial charge on any atom is -0.393 e. The van der Waals surface area contributed by atoms with Crippen molar-refractivity contribution in [2.75, 3.05) is 13.1 Å². The number of halogens is 2. The van der Waals surface area contributed by atoms with E-state index in [1.165, 1.54) is 22.9 Å². The lowest BCUT2D eigenvalue weighted by Crippen LogP contribution is -2.39. The van der Waals surface area contributed by atoms with Gasteiger partial charge >= 0.3 is 0 Å². The van der Waals surface area contributed by atoms with Gasteiger partial charge in [0.15, 0.2) is 0 Å². The highest BCUT2D eigenvalue weighted by molar-refractivity contribution is 6.31. The number of hydrogen-bond acceptors (Lipinski definition) is 3. The van der Waals surface area contributed by atoms with E-state index in [4.69, 9.17) is 11.6 Å². The molecule has 1 aliphatic heterocycles. The van der Waals surface area contributed by atoms with Gasteiger partial charge in [0.05, 0.1) is 17.5 Å². The number of aryl methyl sites for hydroxylation is 1. The molecule has 1 aromatic heterocycles. The molecule has 2 aromatic rings. The van der Waals surface area contributed by atoms with E-state index in [1.807, 2.05) is 0 Å². The molecule has 25 heavy (non-hydrogen) atoms. The summed E-state index contributed by atoms with van der Waals surface area (Å²) in [4.78, 5) is 14.0. The molecule has 5 nitrogen and oxygen atoms in total. The van der Waals surface area contributed by atoms with Gasteiger partial charge in [0.2, 0.25) is 5.91 Å². The van der Waals surface area contributed by atoms with Crippen molar-refractivity contribution in [1.29, 1.82) is 0 Å². The molecule has 1 amide bonds. The van der Waals surface area contributed by atoms with E-state index in [9.17, 15) is 14.3 Å². The van der Waals surface area contributed by atoms with Gasteiger partial charge in [0.1, 0.15) is 11.0 Å². The number of aliphatic hydroxyl groups is 1. The number of nitrogens with zero attached hydrogens (tertiary/aromatic N) is 3. The summed E-state index contributed by atoms with van der Waals surface area (Å²) in [5.74, 6) is -0.446. The van der Waals surface area contributed by atoms with Crippen molar-refractivity contribution in [1.82, 2.24) is 14.7 Å². The third kappa shape index (κ3) is 3.91. The minimum atomic E-state index is -0.332. The summed E-state index contributed by atoms with van der Waals surface area (Å²) in [7, 11) is 0.